The van der Waals surface area contributed by atoms with Crippen molar-refractivity contribution in [2.24, 2.45) is 23.2 Å². The fourth-order valence-corrected chi connectivity index (χ4v) is 6.08. The van der Waals surface area contributed by atoms with Crippen molar-refractivity contribution in [3.63, 3.8) is 0 Å². The van der Waals surface area contributed by atoms with Crippen molar-refractivity contribution < 1.29 is 36.7 Å². The lowest BCUT2D eigenvalue weighted by molar-refractivity contribution is -0.176. The van der Waals surface area contributed by atoms with Crippen molar-refractivity contribution in [3.8, 4) is 6.07 Å². The molecule has 6 unspecified atom stereocenters. The standard InChI is InChI=1S/C24H31F4N5O4/c1-21(2)8-11(17(34)32-21)7-12(9-29)30-18(35)15-14-13(22(14,3)4)10-33(15)19(36)16(23(25)5-6-23)31-20(37)24(26,27)28/h11-16H,5-8,10H2,1-4H3,(H,30,35)(H,31,37)(H,32,34). The van der Waals surface area contributed by atoms with Crippen LogP contribution in [0, 0.1) is 34.5 Å². The molecular formula is C24H31F4N5O4. The molecule has 0 aromatic carbocycles. The fourth-order valence-electron chi connectivity index (χ4n) is 6.08. The molecule has 0 spiro atoms. The number of likely N-dealkylation sites (tertiary alicyclic amines) is 1. The summed E-state index contributed by atoms with van der Waals surface area (Å²) < 4.78 is 53.6. The summed E-state index contributed by atoms with van der Waals surface area (Å²) in [4.78, 5) is 51.6. The number of amides is 4. The molecule has 0 bridgehead atoms. The van der Waals surface area contributed by atoms with Gasteiger partial charge in [-0.2, -0.15) is 18.4 Å². The van der Waals surface area contributed by atoms with Crippen LogP contribution in [0.2, 0.25) is 0 Å². The molecule has 4 aliphatic rings. The second-order valence-corrected chi connectivity index (χ2v) is 12.0. The lowest BCUT2D eigenvalue weighted by Crippen LogP contribution is -2.60. The van der Waals surface area contributed by atoms with Crippen molar-refractivity contribution in [3.05, 3.63) is 0 Å². The number of fused-ring (bicyclic) bond motifs is 1. The van der Waals surface area contributed by atoms with E-state index in [2.05, 4.69) is 10.6 Å². The maximum Gasteiger partial charge on any atom is 0.471 e. The van der Waals surface area contributed by atoms with Crippen LogP contribution in [0.1, 0.15) is 53.4 Å². The topological polar surface area (TPSA) is 131 Å². The van der Waals surface area contributed by atoms with Gasteiger partial charge in [0.25, 0.3) is 0 Å². The predicted octanol–water partition coefficient (Wildman–Crippen LogP) is 1.33. The quantitative estimate of drug-likeness (QED) is 0.429. The molecule has 2 saturated carbocycles. The molecule has 0 aromatic rings. The van der Waals surface area contributed by atoms with Gasteiger partial charge in [-0.3, -0.25) is 19.2 Å². The Morgan fingerprint density at radius 3 is 2.30 bits per heavy atom. The summed E-state index contributed by atoms with van der Waals surface area (Å²) in [6.07, 6.45) is -5.18. The number of alkyl halides is 4. The first kappa shape index (κ1) is 27.1. The largest absolute Gasteiger partial charge is 0.471 e. The van der Waals surface area contributed by atoms with Crippen LogP contribution in [0.25, 0.3) is 0 Å². The van der Waals surface area contributed by atoms with Crippen molar-refractivity contribution in [1.29, 1.82) is 5.26 Å². The molecule has 0 radical (unpaired) electrons. The zero-order valence-corrected chi connectivity index (χ0v) is 21.0. The van der Waals surface area contributed by atoms with Gasteiger partial charge in [0, 0.05) is 18.0 Å². The van der Waals surface area contributed by atoms with E-state index in [-0.39, 0.29) is 49.0 Å². The average Bonchev–Trinajstić information content (AvgIpc) is 3.49. The molecule has 0 aromatic heterocycles. The molecule has 2 saturated heterocycles. The highest BCUT2D eigenvalue weighted by Crippen LogP contribution is 2.65. The summed E-state index contributed by atoms with van der Waals surface area (Å²) in [5.74, 6) is -5.45. The van der Waals surface area contributed by atoms with Crippen molar-refractivity contribution in [2.45, 2.75) is 88.9 Å². The second-order valence-electron chi connectivity index (χ2n) is 12.0. The molecule has 37 heavy (non-hydrogen) atoms. The van der Waals surface area contributed by atoms with E-state index in [1.165, 1.54) is 5.32 Å². The van der Waals surface area contributed by atoms with Crippen LogP contribution in [0.15, 0.2) is 0 Å². The van der Waals surface area contributed by atoms with E-state index < -0.39 is 59.1 Å². The smallest absolute Gasteiger partial charge is 0.351 e. The zero-order valence-electron chi connectivity index (χ0n) is 21.0. The molecule has 2 aliphatic heterocycles. The van der Waals surface area contributed by atoms with Crippen molar-refractivity contribution in [2.75, 3.05) is 6.54 Å². The van der Waals surface area contributed by atoms with Gasteiger partial charge >= 0.3 is 12.1 Å². The first-order valence-corrected chi connectivity index (χ1v) is 12.3. The number of hydrogen-bond donors (Lipinski definition) is 3. The molecule has 9 nitrogen and oxygen atoms in total. The van der Waals surface area contributed by atoms with E-state index in [1.807, 2.05) is 33.8 Å². The van der Waals surface area contributed by atoms with Crippen LogP contribution >= 0.6 is 0 Å². The third kappa shape index (κ3) is 4.99. The SMILES string of the molecule is CC1(C)CC(CC(C#N)NC(=O)C2C3C(CN2C(=O)C(NC(=O)C(F)(F)F)C2(F)CC2)C3(C)C)C(=O)N1. The number of nitrogens with zero attached hydrogens (tertiary/aromatic N) is 2. The van der Waals surface area contributed by atoms with E-state index in [0.29, 0.717) is 6.42 Å². The summed E-state index contributed by atoms with van der Waals surface area (Å²) in [5.41, 5.74) is -3.13. The number of halogens is 4. The van der Waals surface area contributed by atoms with Crippen LogP contribution in [-0.2, 0) is 19.2 Å². The molecule has 204 valence electrons. The van der Waals surface area contributed by atoms with Crippen LogP contribution in [0.5, 0.6) is 0 Å². The Bertz CT molecular complexity index is 1060. The first-order chi connectivity index (χ1) is 16.9. The summed E-state index contributed by atoms with van der Waals surface area (Å²) in [6, 6.07) is -2.31. The molecule has 4 fully saturated rings. The number of rotatable bonds is 7. The monoisotopic (exact) mass is 529 g/mol. The van der Waals surface area contributed by atoms with Crippen LogP contribution < -0.4 is 16.0 Å². The van der Waals surface area contributed by atoms with Gasteiger partial charge in [0.1, 0.15) is 23.8 Å². The van der Waals surface area contributed by atoms with Gasteiger partial charge < -0.3 is 20.9 Å². The summed E-state index contributed by atoms with van der Waals surface area (Å²) in [7, 11) is 0. The van der Waals surface area contributed by atoms with Crippen molar-refractivity contribution >= 4 is 23.6 Å². The number of nitrogens with one attached hydrogen (secondary N) is 3. The first-order valence-electron chi connectivity index (χ1n) is 12.3. The molecule has 2 aliphatic carbocycles. The van der Waals surface area contributed by atoms with Crippen molar-refractivity contribution in [1.82, 2.24) is 20.9 Å². The van der Waals surface area contributed by atoms with Gasteiger partial charge in [-0.05, 0) is 56.8 Å². The second kappa shape index (κ2) is 8.56. The molecule has 3 N–H and O–H groups in total. The molecule has 6 atom stereocenters. The Morgan fingerprint density at radius 1 is 1.19 bits per heavy atom. The Kier molecular flexibility index (Phi) is 6.28. The number of nitriles is 1. The minimum Gasteiger partial charge on any atom is -0.351 e. The maximum atomic E-state index is 15.0. The summed E-state index contributed by atoms with van der Waals surface area (Å²) >= 11 is 0. The minimum atomic E-state index is -5.31. The van der Waals surface area contributed by atoms with E-state index in [0.717, 1.165) is 4.90 Å². The predicted molar refractivity (Wildman–Crippen MR) is 120 cm³/mol. The van der Waals surface area contributed by atoms with E-state index in [4.69, 9.17) is 0 Å². The van der Waals surface area contributed by atoms with E-state index in [9.17, 15) is 42.0 Å². The normalized spacial score (nSPS) is 31.9. The number of carbonyl (C=O) groups is 4. The van der Waals surface area contributed by atoms with Gasteiger partial charge in [0.15, 0.2) is 0 Å². The molecule has 4 rings (SSSR count). The van der Waals surface area contributed by atoms with Crippen LogP contribution in [0.4, 0.5) is 17.6 Å². The summed E-state index contributed by atoms with van der Waals surface area (Å²) in [6.45, 7) is 7.47. The van der Waals surface area contributed by atoms with E-state index >= 15 is 0 Å². The Morgan fingerprint density at radius 2 is 1.81 bits per heavy atom. The maximum absolute atomic E-state index is 15.0. The van der Waals surface area contributed by atoms with E-state index in [1.54, 1.807) is 0 Å². The van der Waals surface area contributed by atoms with Crippen LogP contribution in [-0.4, -0.2) is 70.6 Å². The van der Waals surface area contributed by atoms with Gasteiger partial charge in [-0.15, -0.1) is 0 Å². The Labute approximate surface area is 211 Å². The third-order valence-electron chi connectivity index (χ3n) is 8.37. The number of piperidine rings is 1. The zero-order chi connectivity index (χ0) is 27.7. The molecular weight excluding hydrogens is 498 g/mol. The highest BCUT2D eigenvalue weighted by Gasteiger charge is 2.70. The Balaban J connectivity index is 1.51. The third-order valence-corrected chi connectivity index (χ3v) is 8.37. The lowest BCUT2D eigenvalue weighted by Gasteiger charge is -2.34. The Hall–Kier alpha value is -2.91. The van der Waals surface area contributed by atoms with Gasteiger partial charge in [-0.25, -0.2) is 4.39 Å². The van der Waals surface area contributed by atoms with Gasteiger partial charge in [0.05, 0.1) is 6.07 Å². The minimum absolute atomic E-state index is 0.0134. The highest BCUT2D eigenvalue weighted by molar-refractivity contribution is 5.95. The molecule has 13 heteroatoms. The number of hydrogen-bond acceptors (Lipinski definition) is 5. The summed E-state index contributed by atoms with van der Waals surface area (Å²) in [5, 5.41) is 16.6. The molecule has 4 amide bonds. The molecule has 2 heterocycles. The van der Waals surface area contributed by atoms with Gasteiger partial charge in [-0.1, -0.05) is 13.8 Å². The average molecular weight is 530 g/mol. The lowest BCUT2D eigenvalue weighted by atomic mass is 9.91. The van der Waals surface area contributed by atoms with Gasteiger partial charge in [0.2, 0.25) is 17.7 Å². The highest BCUT2D eigenvalue weighted by atomic mass is 19.4. The number of carbonyl (C=O) groups excluding carboxylic acids is 4. The fraction of sp³-hybridized carbons (Fsp3) is 0.792. The van der Waals surface area contributed by atoms with Crippen LogP contribution in [0.3, 0.4) is 0 Å².